The second-order valence-electron chi connectivity index (χ2n) is 1.79. The number of hydrogen-bond donors (Lipinski definition) is 0. The van der Waals surface area contributed by atoms with Gasteiger partial charge in [-0.2, -0.15) is 13.2 Å². The van der Waals surface area contributed by atoms with Crippen LogP contribution in [0.15, 0.2) is 29.5 Å². The summed E-state index contributed by atoms with van der Waals surface area (Å²) < 4.78 is 35.3. The van der Waals surface area contributed by atoms with Crippen LogP contribution in [-0.2, 0) is 0 Å². The number of rotatable bonds is 0. The predicted octanol–water partition coefficient (Wildman–Crippen LogP) is -3.97. The molecule has 0 amide bonds. The molecule has 6 heteroatoms. The maximum absolute atomic E-state index is 11.8. The summed E-state index contributed by atoms with van der Waals surface area (Å²) in [7, 11) is 0. The minimum atomic E-state index is -4.23. The van der Waals surface area contributed by atoms with E-state index in [4.69, 9.17) is 0 Å². The topological polar surface area (TPSA) is 0 Å². The molecular weight excluding hydrogens is 510 g/mol. The molecule has 0 atom stereocenters. The van der Waals surface area contributed by atoms with Gasteiger partial charge in [-0.15, -0.1) is 5.73 Å². The van der Waals surface area contributed by atoms with Gasteiger partial charge in [0.25, 0.3) is 0 Å². The monoisotopic (exact) mass is 512 g/mol. The van der Waals surface area contributed by atoms with Crippen molar-refractivity contribution in [2.45, 2.75) is 6.18 Å². The molecule has 0 spiro atoms. The third kappa shape index (κ3) is 6.90. The van der Waals surface area contributed by atoms with E-state index in [1.807, 2.05) is 0 Å². The van der Waals surface area contributed by atoms with E-state index in [1.165, 1.54) is 12.2 Å². The Morgan fingerprint density at radius 2 is 1.62 bits per heavy atom. The van der Waals surface area contributed by atoms with Crippen molar-refractivity contribution < 1.29 is 47.1 Å². The number of halogens is 5. The fraction of sp³-hybridized carbons (Fsp3) is 0.143. The summed E-state index contributed by atoms with van der Waals surface area (Å²) in [5.74, 6) is 0. The molecule has 72 valence electrons. The van der Waals surface area contributed by atoms with Crippen molar-refractivity contribution in [3.05, 3.63) is 36.0 Å². The number of hydrogen-bond acceptors (Lipinski definition) is 0. The maximum Gasteiger partial charge on any atom is 2.00 e. The molecule has 0 aliphatic heterocycles. The molecule has 4 radical (unpaired) electrons. The standard InChI is InChI=1S/C7H4F3.Bi.2BrH/c8-7(9,10)6-4-2-1-3-5-6;;;/h2-5H;;2*1H/q;+2;;/p-2. The van der Waals surface area contributed by atoms with Crippen molar-refractivity contribution in [1.29, 1.82) is 0 Å². The van der Waals surface area contributed by atoms with Gasteiger partial charge in [-0.3, -0.25) is 0 Å². The first-order valence-electron chi connectivity index (χ1n) is 2.64. The molecular formula is C7H4BiBr2F3. The van der Waals surface area contributed by atoms with Crippen LogP contribution in [0.25, 0.3) is 0 Å². The van der Waals surface area contributed by atoms with Crippen molar-refractivity contribution >= 4 is 26.2 Å². The van der Waals surface area contributed by atoms with Gasteiger partial charge < -0.3 is 34.0 Å². The number of alkyl halides is 3. The van der Waals surface area contributed by atoms with Gasteiger partial charge in [0.1, 0.15) is 0 Å². The fourth-order valence-electron chi connectivity index (χ4n) is 0.576. The first kappa shape index (κ1) is 19.5. The Labute approximate surface area is 115 Å². The van der Waals surface area contributed by atoms with E-state index in [2.05, 4.69) is 5.73 Å². The van der Waals surface area contributed by atoms with Gasteiger partial charge in [-0.25, -0.2) is 0 Å². The molecule has 1 aliphatic rings. The van der Waals surface area contributed by atoms with Crippen molar-refractivity contribution in [1.82, 2.24) is 0 Å². The molecule has 0 nitrogen and oxygen atoms in total. The summed E-state index contributed by atoms with van der Waals surface area (Å²) in [4.78, 5) is 0. The minimum Gasteiger partial charge on any atom is -1.00 e. The van der Waals surface area contributed by atoms with Gasteiger partial charge in [-0.1, -0.05) is 0 Å². The van der Waals surface area contributed by atoms with Gasteiger partial charge in [0.05, 0.1) is 0 Å². The van der Waals surface area contributed by atoms with Crippen LogP contribution >= 0.6 is 0 Å². The van der Waals surface area contributed by atoms with Gasteiger partial charge in [-0.05, 0) is 18.2 Å². The van der Waals surface area contributed by atoms with Crippen LogP contribution in [0.1, 0.15) is 0 Å². The Morgan fingerprint density at radius 1 is 1.08 bits per heavy atom. The fourth-order valence-corrected chi connectivity index (χ4v) is 0.576. The third-order valence-corrected chi connectivity index (χ3v) is 1.05. The van der Waals surface area contributed by atoms with E-state index in [-0.39, 0.29) is 60.2 Å². The molecule has 0 saturated heterocycles. The Hall–Kier alpha value is 0.893. The van der Waals surface area contributed by atoms with Crippen LogP contribution in [-0.4, -0.2) is 32.4 Å². The third-order valence-electron chi connectivity index (χ3n) is 1.05. The van der Waals surface area contributed by atoms with E-state index in [0.717, 1.165) is 12.5 Å². The first-order chi connectivity index (χ1) is 4.61. The van der Waals surface area contributed by atoms with Crippen LogP contribution in [0.3, 0.4) is 0 Å². The Bertz CT molecular complexity index is 226. The molecule has 0 heterocycles. The summed E-state index contributed by atoms with van der Waals surface area (Å²) >= 11 is 0. The van der Waals surface area contributed by atoms with Crippen LogP contribution in [0.2, 0.25) is 0 Å². The van der Waals surface area contributed by atoms with Gasteiger partial charge in [0.15, 0.2) is 0 Å². The summed E-state index contributed by atoms with van der Waals surface area (Å²) in [6.45, 7) is 0. The van der Waals surface area contributed by atoms with Crippen molar-refractivity contribution in [2.75, 3.05) is 0 Å². The quantitative estimate of drug-likeness (QED) is 0.229. The first-order valence-corrected chi connectivity index (χ1v) is 2.64. The van der Waals surface area contributed by atoms with E-state index in [9.17, 15) is 13.2 Å². The van der Waals surface area contributed by atoms with E-state index >= 15 is 0 Å². The number of allylic oxidation sites excluding steroid dienone is 3. The van der Waals surface area contributed by atoms with E-state index in [0.29, 0.717) is 0 Å². The molecule has 0 fully saturated rings. The predicted molar refractivity (Wildman–Crippen MR) is 36.8 cm³/mol. The second kappa shape index (κ2) is 8.22. The Balaban J connectivity index is -0.000000333. The molecule has 0 saturated carbocycles. The van der Waals surface area contributed by atoms with E-state index < -0.39 is 11.7 Å². The molecule has 0 aromatic rings. The average Bonchev–Trinajstić information content (AvgIpc) is 1.88. The SMILES string of the molecule is FC(F)(F)C1=CC=C=C[CH]1.[Bi+2].[Br-].[Br-]. The minimum absolute atomic E-state index is 0. The summed E-state index contributed by atoms with van der Waals surface area (Å²) in [6.07, 6.45) is 0.223. The van der Waals surface area contributed by atoms with Crippen LogP contribution in [0.5, 0.6) is 0 Å². The molecule has 0 aromatic heterocycles. The molecule has 1 rings (SSSR count). The van der Waals surface area contributed by atoms with Gasteiger partial charge in [0.2, 0.25) is 0 Å². The average molecular weight is 514 g/mol. The summed E-state index contributed by atoms with van der Waals surface area (Å²) in [5, 5.41) is 0. The van der Waals surface area contributed by atoms with Crippen LogP contribution < -0.4 is 34.0 Å². The van der Waals surface area contributed by atoms with E-state index in [1.54, 1.807) is 0 Å². The van der Waals surface area contributed by atoms with Crippen LogP contribution in [0.4, 0.5) is 13.2 Å². The van der Waals surface area contributed by atoms with Gasteiger partial charge >= 0.3 is 32.4 Å². The van der Waals surface area contributed by atoms with Crippen molar-refractivity contribution in [3.8, 4) is 0 Å². The Morgan fingerprint density at radius 3 is 1.85 bits per heavy atom. The summed E-state index contributed by atoms with van der Waals surface area (Å²) in [6, 6.07) is 0. The maximum atomic E-state index is 11.8. The molecule has 0 unspecified atom stereocenters. The molecule has 0 aromatic carbocycles. The smallest absolute Gasteiger partial charge is 1.00 e. The zero-order valence-electron chi connectivity index (χ0n) is 6.15. The molecule has 0 N–H and O–H groups in total. The normalized spacial score (nSPS) is 13.3. The molecule has 1 aliphatic carbocycles. The second-order valence-corrected chi connectivity index (χ2v) is 1.79. The largest absolute Gasteiger partial charge is 2.00 e. The van der Waals surface area contributed by atoms with Crippen molar-refractivity contribution in [3.63, 3.8) is 0 Å². The van der Waals surface area contributed by atoms with Crippen molar-refractivity contribution in [2.24, 2.45) is 0 Å². The van der Waals surface area contributed by atoms with Gasteiger partial charge in [0, 0.05) is 12.0 Å². The zero-order valence-corrected chi connectivity index (χ0v) is 12.8. The molecule has 0 bridgehead atoms. The van der Waals surface area contributed by atoms with Crippen LogP contribution in [0, 0.1) is 6.42 Å². The summed E-state index contributed by atoms with van der Waals surface area (Å²) in [5.41, 5.74) is 1.87. The molecule has 13 heavy (non-hydrogen) atoms. The zero-order chi connectivity index (χ0) is 7.61. The Kier molecular flexibility index (Phi) is 12.3.